The van der Waals surface area contributed by atoms with E-state index in [9.17, 15) is 0 Å². The largest absolute Gasteiger partial charge is 0.465 e. The molecule has 0 heterocycles. The normalized spacial score (nSPS) is 36.4. The maximum absolute atomic E-state index is 6.22. The Bertz CT molecular complexity index is 1190. The fourth-order valence-corrected chi connectivity index (χ4v) is 12.6. The van der Waals surface area contributed by atoms with Crippen LogP contribution in [0.5, 0.6) is 11.5 Å². The van der Waals surface area contributed by atoms with E-state index in [2.05, 4.69) is 62.4 Å². The SMILES string of the molecule is CC(OCCC12CC3CC(CC(C3)C1)C2)Oc1ccc(C(C)(C)c2ccc(OC(C)OCCC34CC5CC(CC(C5)C3)C4)cc2)cc1. The van der Waals surface area contributed by atoms with Crippen LogP contribution in [0.25, 0.3) is 0 Å². The van der Waals surface area contributed by atoms with Gasteiger partial charge in [-0.25, -0.2) is 0 Å². The molecule has 256 valence electrons. The minimum atomic E-state index is -0.237. The number of rotatable bonds is 14. The van der Waals surface area contributed by atoms with Crippen LogP contribution in [0.1, 0.15) is 129 Å². The Morgan fingerprint density at radius 2 is 0.830 bits per heavy atom. The molecule has 47 heavy (non-hydrogen) atoms. The highest BCUT2D eigenvalue weighted by molar-refractivity contribution is 5.41. The molecule has 2 atom stereocenters. The Balaban J connectivity index is 0.784. The number of ether oxygens (including phenoxy) is 4. The summed E-state index contributed by atoms with van der Waals surface area (Å²) in [6, 6.07) is 17.2. The molecule has 0 N–H and O–H groups in total. The molecule has 0 amide bonds. The third kappa shape index (κ3) is 6.89. The molecule has 8 aliphatic carbocycles. The van der Waals surface area contributed by atoms with Crippen molar-refractivity contribution in [1.82, 2.24) is 0 Å². The molecule has 2 aromatic carbocycles. The molecule has 2 unspecified atom stereocenters. The molecule has 4 nitrogen and oxygen atoms in total. The first-order chi connectivity index (χ1) is 22.6. The Morgan fingerprint density at radius 3 is 1.13 bits per heavy atom. The van der Waals surface area contributed by atoms with Gasteiger partial charge in [0.25, 0.3) is 0 Å². The van der Waals surface area contributed by atoms with Crippen molar-refractivity contribution >= 4 is 0 Å². The number of hydrogen-bond acceptors (Lipinski definition) is 4. The van der Waals surface area contributed by atoms with Gasteiger partial charge < -0.3 is 18.9 Å². The van der Waals surface area contributed by atoms with Gasteiger partial charge in [0.05, 0.1) is 13.2 Å². The summed E-state index contributed by atoms with van der Waals surface area (Å²) in [5.74, 6) is 7.72. The van der Waals surface area contributed by atoms with E-state index in [0.717, 1.165) is 60.2 Å². The third-order valence-corrected chi connectivity index (χ3v) is 14.1. The zero-order valence-electron chi connectivity index (χ0n) is 29.7. The van der Waals surface area contributed by atoms with Gasteiger partial charge in [-0.2, -0.15) is 0 Å². The van der Waals surface area contributed by atoms with Gasteiger partial charge in [-0.1, -0.05) is 38.1 Å². The van der Waals surface area contributed by atoms with Gasteiger partial charge in [0.1, 0.15) is 11.5 Å². The van der Waals surface area contributed by atoms with E-state index in [-0.39, 0.29) is 18.0 Å². The van der Waals surface area contributed by atoms with E-state index in [1.165, 1.54) is 101 Å². The highest BCUT2D eigenvalue weighted by Crippen LogP contribution is 2.62. The third-order valence-electron chi connectivity index (χ3n) is 14.1. The minimum Gasteiger partial charge on any atom is -0.465 e. The van der Waals surface area contributed by atoms with Gasteiger partial charge in [0, 0.05) is 5.41 Å². The molecular weight excluding hydrogens is 580 g/mol. The zero-order chi connectivity index (χ0) is 32.2. The lowest BCUT2D eigenvalue weighted by Crippen LogP contribution is -2.46. The van der Waals surface area contributed by atoms with Crippen LogP contribution < -0.4 is 9.47 Å². The van der Waals surface area contributed by atoms with Crippen molar-refractivity contribution in [2.45, 2.75) is 136 Å². The van der Waals surface area contributed by atoms with Gasteiger partial charge in [-0.05, 0) is 185 Å². The van der Waals surface area contributed by atoms with Crippen LogP contribution in [0.4, 0.5) is 0 Å². The quantitative estimate of drug-likeness (QED) is 0.193. The second-order valence-corrected chi connectivity index (χ2v) is 18.1. The Kier molecular flexibility index (Phi) is 8.69. The van der Waals surface area contributed by atoms with Crippen molar-refractivity contribution in [1.29, 1.82) is 0 Å². The van der Waals surface area contributed by atoms with E-state index in [0.29, 0.717) is 10.8 Å². The van der Waals surface area contributed by atoms with E-state index in [4.69, 9.17) is 18.9 Å². The first kappa shape index (κ1) is 32.2. The molecule has 8 fully saturated rings. The van der Waals surface area contributed by atoms with Crippen molar-refractivity contribution < 1.29 is 18.9 Å². The lowest BCUT2D eigenvalue weighted by atomic mass is 9.49. The highest BCUT2D eigenvalue weighted by Gasteiger charge is 2.51. The van der Waals surface area contributed by atoms with E-state index in [1.807, 2.05) is 13.8 Å². The van der Waals surface area contributed by atoms with Gasteiger partial charge in [-0.15, -0.1) is 0 Å². The molecule has 0 radical (unpaired) electrons. The van der Waals surface area contributed by atoms with Gasteiger partial charge in [0.15, 0.2) is 12.6 Å². The van der Waals surface area contributed by atoms with Crippen LogP contribution in [0, 0.1) is 46.3 Å². The summed E-state index contributed by atoms with van der Waals surface area (Å²) in [4.78, 5) is 0. The number of hydrogen-bond donors (Lipinski definition) is 0. The number of benzene rings is 2. The van der Waals surface area contributed by atoms with Crippen LogP contribution in [0.2, 0.25) is 0 Å². The topological polar surface area (TPSA) is 36.9 Å². The van der Waals surface area contributed by atoms with Crippen LogP contribution in [0.15, 0.2) is 48.5 Å². The average Bonchev–Trinajstić information content (AvgIpc) is 3.00. The van der Waals surface area contributed by atoms with Crippen molar-refractivity contribution in [2.75, 3.05) is 13.2 Å². The summed E-state index contributed by atoms with van der Waals surface area (Å²) in [5.41, 5.74) is 3.50. The standard InChI is InChI=1S/C43H60O4/c1-29(44-15-13-42-23-31-17-32(24-42)19-33(18-31)25-42)46-39-9-5-37(6-10-39)41(3,4)38-7-11-40(12-8-38)47-30(2)45-16-14-43-26-34-20-35(27-43)22-36(21-34)28-43/h5-12,29-36H,13-28H2,1-4H3. The predicted octanol–water partition coefficient (Wildman–Crippen LogP) is 10.7. The van der Waals surface area contributed by atoms with Gasteiger partial charge in [0.2, 0.25) is 0 Å². The molecule has 10 rings (SSSR count). The lowest BCUT2D eigenvalue weighted by Gasteiger charge is -2.57. The first-order valence-electron chi connectivity index (χ1n) is 19.4. The van der Waals surface area contributed by atoms with E-state index in [1.54, 1.807) is 0 Å². The maximum atomic E-state index is 6.22. The first-order valence-corrected chi connectivity index (χ1v) is 19.4. The summed E-state index contributed by atoms with van der Waals surface area (Å²) in [6.45, 7) is 10.3. The maximum Gasteiger partial charge on any atom is 0.196 e. The van der Waals surface area contributed by atoms with Crippen molar-refractivity contribution in [3.05, 3.63) is 59.7 Å². The molecular formula is C43H60O4. The molecule has 4 heteroatoms. The molecule has 0 aliphatic heterocycles. The van der Waals surface area contributed by atoms with Crippen LogP contribution in [0.3, 0.4) is 0 Å². The predicted molar refractivity (Wildman–Crippen MR) is 188 cm³/mol. The van der Waals surface area contributed by atoms with E-state index < -0.39 is 0 Å². The summed E-state index contributed by atoms with van der Waals surface area (Å²) in [5, 5.41) is 0. The molecule has 8 aliphatic rings. The Morgan fingerprint density at radius 1 is 0.532 bits per heavy atom. The fourth-order valence-electron chi connectivity index (χ4n) is 12.6. The lowest BCUT2D eigenvalue weighted by molar-refractivity contribution is -0.104. The second kappa shape index (κ2) is 12.7. The van der Waals surface area contributed by atoms with Gasteiger partial charge in [-0.3, -0.25) is 0 Å². The second-order valence-electron chi connectivity index (χ2n) is 18.1. The van der Waals surface area contributed by atoms with Crippen LogP contribution in [-0.4, -0.2) is 25.8 Å². The van der Waals surface area contributed by atoms with Crippen molar-refractivity contribution in [3.8, 4) is 11.5 Å². The van der Waals surface area contributed by atoms with Crippen LogP contribution in [-0.2, 0) is 14.9 Å². The van der Waals surface area contributed by atoms with Gasteiger partial charge >= 0.3 is 0 Å². The molecule has 8 bridgehead atoms. The highest BCUT2D eigenvalue weighted by atomic mass is 16.7. The molecule has 0 aromatic heterocycles. The Labute approximate surface area is 284 Å². The zero-order valence-corrected chi connectivity index (χ0v) is 29.7. The molecule has 0 spiro atoms. The van der Waals surface area contributed by atoms with E-state index >= 15 is 0 Å². The van der Waals surface area contributed by atoms with Crippen LogP contribution >= 0.6 is 0 Å². The molecule has 2 aromatic rings. The Hall–Kier alpha value is -2.04. The average molecular weight is 641 g/mol. The smallest absolute Gasteiger partial charge is 0.196 e. The molecule has 0 saturated heterocycles. The monoisotopic (exact) mass is 640 g/mol. The van der Waals surface area contributed by atoms with Crippen molar-refractivity contribution in [2.24, 2.45) is 46.3 Å². The summed E-state index contributed by atoms with van der Waals surface area (Å²) >= 11 is 0. The molecule has 8 saturated carbocycles. The summed E-state index contributed by atoms with van der Waals surface area (Å²) in [6.07, 6.45) is 19.6. The minimum absolute atomic E-state index is 0.142. The van der Waals surface area contributed by atoms with Crippen molar-refractivity contribution in [3.63, 3.8) is 0 Å². The fraction of sp³-hybridized carbons (Fsp3) is 0.721. The summed E-state index contributed by atoms with van der Waals surface area (Å²) in [7, 11) is 0. The summed E-state index contributed by atoms with van der Waals surface area (Å²) < 4.78 is 24.8.